The normalized spacial score (nSPS) is 11.4. The number of carbonyl (C=O) groups excluding carboxylic acids is 1. The van der Waals surface area contributed by atoms with Crippen LogP contribution in [0.4, 0.5) is 5.69 Å². The van der Waals surface area contributed by atoms with Crippen LogP contribution in [0.15, 0.2) is 95.9 Å². The zero-order chi connectivity index (χ0) is 30.5. The first kappa shape index (κ1) is 31.8. The van der Waals surface area contributed by atoms with Crippen molar-refractivity contribution < 1.29 is 22.9 Å². The SMILES string of the molecule is C=C(CC#CC(CCCC#Cc1ccccc1)OC(=O)c1ccc([N+](=O)[O-])cc1)CN(C)S(=O)(=O)c1ccc(C)cc1. The van der Waals surface area contributed by atoms with E-state index in [1.807, 2.05) is 37.3 Å². The number of carbonyl (C=O) groups is 1. The van der Waals surface area contributed by atoms with Gasteiger partial charge in [-0.15, -0.1) is 0 Å². The summed E-state index contributed by atoms with van der Waals surface area (Å²) in [5.41, 5.74) is 2.49. The number of likely N-dealkylation sites (N-methyl/N-ethyl adjacent to an activating group) is 1. The number of nitrogens with zero attached hydrogens (tertiary/aromatic N) is 2. The van der Waals surface area contributed by atoms with Crippen molar-refractivity contribution in [2.75, 3.05) is 13.6 Å². The van der Waals surface area contributed by atoms with Gasteiger partial charge in [-0.25, -0.2) is 13.2 Å². The molecule has 1 atom stereocenters. The number of nitro benzene ring substituents is 1. The molecule has 8 nitrogen and oxygen atoms in total. The molecule has 0 aromatic heterocycles. The van der Waals surface area contributed by atoms with Gasteiger partial charge < -0.3 is 4.74 Å². The van der Waals surface area contributed by atoms with Crippen LogP contribution in [0.2, 0.25) is 0 Å². The fourth-order valence-electron chi connectivity index (χ4n) is 3.77. The van der Waals surface area contributed by atoms with Gasteiger partial charge in [0.25, 0.3) is 5.69 Å². The van der Waals surface area contributed by atoms with Crippen LogP contribution >= 0.6 is 0 Å². The molecule has 3 aromatic rings. The number of aryl methyl sites for hydroxylation is 1. The van der Waals surface area contributed by atoms with E-state index in [1.165, 1.54) is 35.6 Å². The largest absolute Gasteiger partial charge is 0.446 e. The molecule has 216 valence electrons. The van der Waals surface area contributed by atoms with Crippen molar-refractivity contribution >= 4 is 21.7 Å². The van der Waals surface area contributed by atoms with Crippen molar-refractivity contribution in [3.8, 4) is 23.7 Å². The second-order valence-electron chi connectivity index (χ2n) is 9.58. The summed E-state index contributed by atoms with van der Waals surface area (Å²) in [6.07, 6.45) is 1.05. The van der Waals surface area contributed by atoms with Gasteiger partial charge in [-0.2, -0.15) is 4.31 Å². The van der Waals surface area contributed by atoms with Gasteiger partial charge in [0.05, 0.1) is 15.4 Å². The lowest BCUT2D eigenvalue weighted by Gasteiger charge is -2.18. The average Bonchev–Trinajstić information content (AvgIpc) is 2.97. The van der Waals surface area contributed by atoms with Gasteiger partial charge in [0.2, 0.25) is 10.0 Å². The summed E-state index contributed by atoms with van der Waals surface area (Å²) in [7, 11) is -2.20. The van der Waals surface area contributed by atoms with Crippen LogP contribution in [0.5, 0.6) is 0 Å². The molecule has 0 bridgehead atoms. The fourth-order valence-corrected chi connectivity index (χ4v) is 4.97. The molecule has 0 saturated heterocycles. The van der Waals surface area contributed by atoms with Crippen molar-refractivity contribution in [1.82, 2.24) is 4.31 Å². The van der Waals surface area contributed by atoms with Crippen LogP contribution in [0.1, 0.15) is 47.2 Å². The Bertz CT molecular complexity index is 1630. The molecule has 0 saturated carbocycles. The molecule has 0 amide bonds. The summed E-state index contributed by atoms with van der Waals surface area (Å²) in [5.74, 6) is 11.5. The zero-order valence-corrected chi connectivity index (χ0v) is 24.4. The summed E-state index contributed by atoms with van der Waals surface area (Å²) >= 11 is 0. The highest BCUT2D eigenvalue weighted by Crippen LogP contribution is 2.17. The molecule has 0 radical (unpaired) electrons. The molecule has 3 rings (SSSR count). The molecule has 3 aromatic carbocycles. The van der Waals surface area contributed by atoms with Crippen LogP contribution in [0.25, 0.3) is 0 Å². The lowest BCUT2D eigenvalue weighted by molar-refractivity contribution is -0.384. The van der Waals surface area contributed by atoms with Gasteiger partial charge in [0, 0.05) is 44.1 Å². The van der Waals surface area contributed by atoms with Crippen molar-refractivity contribution in [2.24, 2.45) is 0 Å². The van der Waals surface area contributed by atoms with Gasteiger partial charge in [0.1, 0.15) is 0 Å². The molecule has 0 aliphatic carbocycles. The summed E-state index contributed by atoms with van der Waals surface area (Å²) in [6, 6.07) is 21.4. The van der Waals surface area contributed by atoms with Crippen LogP contribution in [-0.2, 0) is 14.8 Å². The lowest BCUT2D eigenvalue weighted by atomic mass is 10.1. The number of benzene rings is 3. The maximum atomic E-state index is 12.9. The van der Waals surface area contributed by atoms with Crippen molar-refractivity contribution in [2.45, 2.75) is 43.6 Å². The first-order valence-corrected chi connectivity index (χ1v) is 14.7. The highest BCUT2D eigenvalue weighted by Gasteiger charge is 2.21. The second-order valence-corrected chi connectivity index (χ2v) is 11.6. The Morgan fingerprint density at radius 2 is 1.69 bits per heavy atom. The second kappa shape index (κ2) is 15.3. The van der Waals surface area contributed by atoms with Crippen LogP contribution in [0, 0.1) is 40.7 Å². The van der Waals surface area contributed by atoms with Crippen LogP contribution in [-0.4, -0.2) is 43.3 Å². The van der Waals surface area contributed by atoms with E-state index in [-0.39, 0.29) is 29.1 Å². The van der Waals surface area contributed by atoms with Crippen molar-refractivity contribution in [3.63, 3.8) is 0 Å². The monoisotopic (exact) mass is 584 g/mol. The van der Waals surface area contributed by atoms with Gasteiger partial charge in [-0.3, -0.25) is 10.1 Å². The number of non-ortho nitro benzene ring substituents is 1. The van der Waals surface area contributed by atoms with E-state index in [0.29, 0.717) is 24.8 Å². The zero-order valence-electron chi connectivity index (χ0n) is 23.6. The number of sulfonamides is 1. The number of rotatable bonds is 11. The molecular weight excluding hydrogens is 552 g/mol. The first-order valence-electron chi connectivity index (χ1n) is 13.2. The van der Waals surface area contributed by atoms with Gasteiger partial charge in [-0.05, 0) is 56.2 Å². The molecule has 42 heavy (non-hydrogen) atoms. The maximum absolute atomic E-state index is 12.9. The van der Waals surface area contributed by atoms with E-state index in [9.17, 15) is 23.3 Å². The number of ether oxygens (including phenoxy) is 1. The van der Waals surface area contributed by atoms with Crippen molar-refractivity contribution in [1.29, 1.82) is 0 Å². The minimum Gasteiger partial charge on any atom is -0.446 e. The summed E-state index contributed by atoms with van der Waals surface area (Å²) in [5, 5.41) is 10.9. The molecule has 0 fully saturated rings. The van der Waals surface area contributed by atoms with E-state index in [4.69, 9.17) is 4.74 Å². The number of esters is 1. The van der Waals surface area contributed by atoms with E-state index < -0.39 is 27.0 Å². The quantitative estimate of drug-likeness (QED) is 0.0692. The summed E-state index contributed by atoms with van der Waals surface area (Å²) in [4.78, 5) is 23.3. The standard InChI is InChI=1S/C33H32N2O6S/c1-26-17-23-32(24-18-26)42(39,40)34(3)25-27(2)11-10-16-31(15-9-5-8-14-28-12-6-4-7-13-28)41-33(36)29-19-21-30(22-20-29)35(37)38/h4,6-7,12-13,17-24,31H,2,5,9,11,15,25H2,1,3H3. The predicted octanol–water partition coefficient (Wildman–Crippen LogP) is 5.92. The molecule has 9 heteroatoms. The number of nitro groups is 1. The minimum absolute atomic E-state index is 0.0766. The molecule has 0 heterocycles. The highest BCUT2D eigenvalue weighted by atomic mass is 32.2. The Labute approximate surface area is 247 Å². The average molecular weight is 585 g/mol. The van der Waals surface area contributed by atoms with Gasteiger partial charge >= 0.3 is 5.97 Å². The molecular formula is C33H32N2O6S. The Kier molecular flexibility index (Phi) is 11.6. The van der Waals surface area contributed by atoms with E-state index >= 15 is 0 Å². The Morgan fingerprint density at radius 1 is 1.02 bits per heavy atom. The minimum atomic E-state index is -3.68. The number of hydrogen-bond donors (Lipinski definition) is 0. The Morgan fingerprint density at radius 3 is 2.33 bits per heavy atom. The lowest BCUT2D eigenvalue weighted by Crippen LogP contribution is -2.28. The number of hydrogen-bond acceptors (Lipinski definition) is 6. The Hall–Kier alpha value is -4.70. The smallest absolute Gasteiger partial charge is 0.339 e. The fraction of sp³-hybridized carbons (Fsp3) is 0.242. The summed E-state index contributed by atoms with van der Waals surface area (Å²) in [6.45, 7) is 5.93. The maximum Gasteiger partial charge on any atom is 0.339 e. The predicted molar refractivity (Wildman–Crippen MR) is 162 cm³/mol. The van der Waals surface area contributed by atoms with E-state index in [2.05, 4.69) is 30.3 Å². The molecule has 0 spiro atoms. The van der Waals surface area contributed by atoms with Crippen molar-refractivity contribution in [3.05, 3.63) is 118 Å². The van der Waals surface area contributed by atoms with Crippen LogP contribution in [0.3, 0.4) is 0 Å². The topological polar surface area (TPSA) is 107 Å². The third-order valence-electron chi connectivity index (χ3n) is 6.11. The third kappa shape index (κ3) is 9.74. The third-order valence-corrected chi connectivity index (χ3v) is 7.93. The first-order chi connectivity index (χ1) is 20.1. The number of unbranched alkanes of at least 4 members (excludes halogenated alkanes) is 1. The molecule has 0 aliphatic rings. The van der Waals surface area contributed by atoms with Gasteiger partial charge in [-0.1, -0.05) is 71.7 Å². The van der Waals surface area contributed by atoms with Gasteiger partial charge in [0.15, 0.2) is 6.10 Å². The molecule has 1 unspecified atom stereocenters. The van der Waals surface area contributed by atoms with E-state index in [1.54, 1.807) is 24.3 Å². The molecule has 0 aliphatic heterocycles. The molecule has 0 N–H and O–H groups in total. The highest BCUT2D eigenvalue weighted by molar-refractivity contribution is 7.89. The van der Waals surface area contributed by atoms with E-state index in [0.717, 1.165) is 11.1 Å². The Balaban J connectivity index is 1.64. The summed E-state index contributed by atoms with van der Waals surface area (Å²) < 4.78 is 32.6. The van der Waals surface area contributed by atoms with Crippen LogP contribution < -0.4 is 0 Å².